The summed E-state index contributed by atoms with van der Waals surface area (Å²) < 4.78 is 0. The van der Waals surface area contributed by atoms with Gasteiger partial charge in [0, 0.05) is 5.69 Å². The Kier molecular flexibility index (Phi) is 1.89. The molecule has 0 bridgehead atoms. The number of para-hydroxylation sites is 1. The minimum atomic E-state index is -0.0487. The molecule has 0 radical (unpaired) electrons. The lowest BCUT2D eigenvalue weighted by atomic mass is 10.1. The van der Waals surface area contributed by atoms with Gasteiger partial charge in [-0.2, -0.15) is 0 Å². The predicted octanol–water partition coefficient (Wildman–Crippen LogP) is 2.29. The van der Waals surface area contributed by atoms with Crippen LogP contribution in [0.5, 0.6) is 0 Å². The Hall–Kier alpha value is -1.57. The van der Waals surface area contributed by atoms with Crippen LogP contribution in [0.25, 0.3) is 6.08 Å². The lowest BCUT2D eigenvalue weighted by molar-refractivity contribution is -0.118. The first kappa shape index (κ1) is 8.05. The van der Waals surface area contributed by atoms with E-state index >= 15 is 0 Å². The lowest BCUT2D eigenvalue weighted by Crippen LogP contribution is -2.17. The van der Waals surface area contributed by atoms with Crippen molar-refractivity contribution in [3.63, 3.8) is 0 Å². The van der Waals surface area contributed by atoms with Crippen LogP contribution >= 0.6 is 0 Å². The minimum Gasteiger partial charge on any atom is -0.325 e. The molecule has 0 saturated carbocycles. The van der Waals surface area contributed by atoms with Gasteiger partial charge in [-0.25, -0.2) is 0 Å². The van der Waals surface area contributed by atoms with E-state index in [9.17, 15) is 4.79 Å². The van der Waals surface area contributed by atoms with Gasteiger partial charge in [-0.3, -0.25) is 4.79 Å². The van der Waals surface area contributed by atoms with E-state index in [1.165, 1.54) is 0 Å². The van der Waals surface area contributed by atoms with Gasteiger partial charge in [-0.15, -0.1) is 0 Å². The van der Waals surface area contributed by atoms with Gasteiger partial charge in [-0.05, 0) is 11.6 Å². The molecular weight excluding hydrogens is 162 g/mol. The lowest BCUT2D eigenvalue weighted by Gasteiger charge is -2.06. The Balaban J connectivity index is 2.46. The molecule has 2 nitrogen and oxygen atoms in total. The highest BCUT2D eigenvalue weighted by atomic mass is 16.1. The fraction of sp³-hybridized carbons (Fsp3) is 0.182. The van der Waals surface area contributed by atoms with Crippen LogP contribution in [0.1, 0.15) is 12.5 Å². The number of hydrogen-bond donors (Lipinski definition) is 1. The highest BCUT2D eigenvalue weighted by molar-refractivity contribution is 5.97. The van der Waals surface area contributed by atoms with Crippen molar-refractivity contribution in [2.75, 3.05) is 5.32 Å². The molecule has 0 fully saturated rings. The molecule has 1 aliphatic rings. The zero-order chi connectivity index (χ0) is 9.26. The van der Waals surface area contributed by atoms with Crippen LogP contribution in [0.15, 0.2) is 30.3 Å². The standard InChI is InChI=1S/C11H11NO/c1-8-6-7-9-4-2-3-5-10(9)12-11(8)13/h2-8H,1H3,(H,12,13). The first-order valence-electron chi connectivity index (χ1n) is 4.35. The Morgan fingerprint density at radius 2 is 2.08 bits per heavy atom. The molecule has 2 heteroatoms. The number of fused-ring (bicyclic) bond motifs is 1. The summed E-state index contributed by atoms with van der Waals surface area (Å²) in [6, 6.07) is 7.79. The second kappa shape index (κ2) is 3.05. The summed E-state index contributed by atoms with van der Waals surface area (Å²) >= 11 is 0. The van der Waals surface area contributed by atoms with E-state index in [1.807, 2.05) is 43.3 Å². The number of hydrogen-bond acceptors (Lipinski definition) is 1. The zero-order valence-corrected chi connectivity index (χ0v) is 7.45. The summed E-state index contributed by atoms with van der Waals surface area (Å²) in [4.78, 5) is 11.4. The van der Waals surface area contributed by atoms with Gasteiger partial charge in [0.25, 0.3) is 0 Å². The highest BCUT2D eigenvalue weighted by Gasteiger charge is 2.13. The van der Waals surface area contributed by atoms with Crippen molar-refractivity contribution in [3.8, 4) is 0 Å². The number of carbonyl (C=O) groups is 1. The van der Waals surface area contributed by atoms with Crippen molar-refractivity contribution in [2.24, 2.45) is 5.92 Å². The first-order valence-corrected chi connectivity index (χ1v) is 4.35. The number of carbonyl (C=O) groups excluding carboxylic acids is 1. The molecular formula is C11H11NO. The van der Waals surface area contributed by atoms with Crippen LogP contribution in [0.2, 0.25) is 0 Å². The highest BCUT2D eigenvalue weighted by Crippen LogP contribution is 2.21. The predicted molar refractivity (Wildman–Crippen MR) is 53.3 cm³/mol. The van der Waals surface area contributed by atoms with Gasteiger partial charge >= 0.3 is 0 Å². The molecule has 66 valence electrons. The van der Waals surface area contributed by atoms with Gasteiger partial charge in [0.15, 0.2) is 0 Å². The minimum absolute atomic E-state index is 0.0487. The summed E-state index contributed by atoms with van der Waals surface area (Å²) in [5.74, 6) is 0.00796. The molecule has 1 heterocycles. The van der Waals surface area contributed by atoms with Crippen LogP contribution in [-0.2, 0) is 4.79 Å². The van der Waals surface area contributed by atoms with E-state index in [-0.39, 0.29) is 11.8 Å². The molecule has 1 amide bonds. The van der Waals surface area contributed by atoms with Crippen LogP contribution in [0.4, 0.5) is 5.69 Å². The fourth-order valence-corrected chi connectivity index (χ4v) is 1.34. The molecule has 0 aliphatic carbocycles. The molecule has 1 N–H and O–H groups in total. The summed E-state index contributed by atoms with van der Waals surface area (Å²) in [6.07, 6.45) is 3.90. The number of anilines is 1. The summed E-state index contributed by atoms with van der Waals surface area (Å²) in [5.41, 5.74) is 1.97. The van der Waals surface area contributed by atoms with E-state index in [4.69, 9.17) is 0 Å². The third kappa shape index (κ3) is 1.47. The fourth-order valence-electron chi connectivity index (χ4n) is 1.34. The Morgan fingerprint density at radius 3 is 2.92 bits per heavy atom. The van der Waals surface area contributed by atoms with Gasteiger partial charge in [0.1, 0.15) is 0 Å². The second-order valence-corrected chi connectivity index (χ2v) is 3.22. The van der Waals surface area contributed by atoms with E-state index in [0.29, 0.717) is 0 Å². The second-order valence-electron chi connectivity index (χ2n) is 3.22. The monoisotopic (exact) mass is 173 g/mol. The SMILES string of the molecule is CC1C=Cc2ccccc2NC1=O. The molecule has 1 aromatic carbocycles. The van der Waals surface area contributed by atoms with Crippen LogP contribution in [-0.4, -0.2) is 5.91 Å². The van der Waals surface area contributed by atoms with Gasteiger partial charge in [0.2, 0.25) is 5.91 Å². The largest absolute Gasteiger partial charge is 0.325 e. The Labute approximate surface area is 77.3 Å². The van der Waals surface area contributed by atoms with Gasteiger partial charge in [0.05, 0.1) is 5.92 Å². The summed E-state index contributed by atoms with van der Waals surface area (Å²) in [7, 11) is 0. The normalized spacial score (nSPS) is 20.4. The van der Waals surface area contributed by atoms with Gasteiger partial charge in [-0.1, -0.05) is 37.3 Å². The third-order valence-corrected chi connectivity index (χ3v) is 2.20. The number of rotatable bonds is 0. The van der Waals surface area contributed by atoms with E-state index in [2.05, 4.69) is 5.32 Å². The number of nitrogens with one attached hydrogen (secondary N) is 1. The van der Waals surface area contributed by atoms with Crippen molar-refractivity contribution in [2.45, 2.75) is 6.92 Å². The zero-order valence-electron chi connectivity index (χ0n) is 7.45. The van der Waals surface area contributed by atoms with Crippen LogP contribution in [0, 0.1) is 5.92 Å². The Bertz CT molecular complexity index is 368. The average molecular weight is 173 g/mol. The maximum Gasteiger partial charge on any atom is 0.231 e. The molecule has 1 aromatic rings. The molecule has 1 atom stereocenters. The van der Waals surface area contributed by atoms with Crippen LogP contribution in [0.3, 0.4) is 0 Å². The third-order valence-electron chi connectivity index (χ3n) is 2.20. The van der Waals surface area contributed by atoms with Crippen molar-refractivity contribution in [3.05, 3.63) is 35.9 Å². The van der Waals surface area contributed by atoms with Crippen molar-refractivity contribution < 1.29 is 4.79 Å². The van der Waals surface area contributed by atoms with Crippen molar-refractivity contribution in [1.82, 2.24) is 0 Å². The molecule has 0 spiro atoms. The molecule has 0 aromatic heterocycles. The smallest absolute Gasteiger partial charge is 0.231 e. The number of amides is 1. The Morgan fingerprint density at radius 1 is 1.31 bits per heavy atom. The first-order chi connectivity index (χ1) is 6.27. The quantitative estimate of drug-likeness (QED) is 0.640. The van der Waals surface area contributed by atoms with E-state index in [0.717, 1.165) is 11.3 Å². The van der Waals surface area contributed by atoms with Crippen LogP contribution < -0.4 is 5.32 Å². The molecule has 0 saturated heterocycles. The topological polar surface area (TPSA) is 29.1 Å². The molecule has 1 unspecified atom stereocenters. The maximum atomic E-state index is 11.4. The van der Waals surface area contributed by atoms with Gasteiger partial charge < -0.3 is 5.32 Å². The summed E-state index contributed by atoms with van der Waals surface area (Å²) in [6.45, 7) is 1.89. The summed E-state index contributed by atoms with van der Waals surface area (Å²) in [5, 5.41) is 2.87. The van der Waals surface area contributed by atoms with Crippen molar-refractivity contribution in [1.29, 1.82) is 0 Å². The molecule has 2 rings (SSSR count). The average Bonchev–Trinajstić information content (AvgIpc) is 2.28. The molecule has 13 heavy (non-hydrogen) atoms. The van der Waals surface area contributed by atoms with Crippen molar-refractivity contribution >= 4 is 17.7 Å². The number of benzene rings is 1. The van der Waals surface area contributed by atoms with E-state index in [1.54, 1.807) is 0 Å². The molecule has 1 aliphatic heterocycles. The van der Waals surface area contributed by atoms with E-state index < -0.39 is 0 Å². The maximum absolute atomic E-state index is 11.4.